The van der Waals surface area contributed by atoms with Crippen LogP contribution in [0.3, 0.4) is 0 Å². The zero-order chi connectivity index (χ0) is 13.0. The van der Waals surface area contributed by atoms with Crippen molar-refractivity contribution in [3.63, 3.8) is 0 Å². The third-order valence-electron chi connectivity index (χ3n) is 2.65. The van der Waals surface area contributed by atoms with Gasteiger partial charge in [0.25, 0.3) is 0 Å². The van der Waals surface area contributed by atoms with E-state index in [9.17, 15) is 13.2 Å². The molecule has 16 heavy (non-hydrogen) atoms. The normalized spacial score (nSPS) is 14.8. The van der Waals surface area contributed by atoms with Gasteiger partial charge in [0.1, 0.15) is 6.04 Å². The Morgan fingerprint density at radius 2 is 1.94 bits per heavy atom. The topological polar surface area (TPSA) is 83.5 Å². The van der Waals surface area contributed by atoms with Crippen LogP contribution in [0, 0.1) is 0 Å². The molecule has 0 aromatic rings. The highest BCUT2D eigenvalue weighted by molar-refractivity contribution is 7.92. The quantitative estimate of drug-likeness (QED) is 0.694. The minimum Gasteiger partial charge on any atom is -0.480 e. The van der Waals surface area contributed by atoms with Gasteiger partial charge < -0.3 is 10.4 Å². The second-order valence-electron chi connectivity index (χ2n) is 4.59. The summed E-state index contributed by atoms with van der Waals surface area (Å²) in [4.78, 5) is 10.8. The minimum absolute atomic E-state index is 0.142. The molecule has 0 aliphatic rings. The summed E-state index contributed by atoms with van der Waals surface area (Å²) in [6.45, 7) is 5.20. The average Bonchev–Trinajstić information content (AvgIpc) is 2.09. The van der Waals surface area contributed by atoms with E-state index in [-0.39, 0.29) is 6.54 Å². The Balaban J connectivity index is 4.47. The predicted octanol–water partition coefficient (Wildman–Crippen LogP) is 0.653. The van der Waals surface area contributed by atoms with E-state index in [0.717, 1.165) is 12.7 Å². The monoisotopic (exact) mass is 251 g/mol. The number of hydrogen-bond donors (Lipinski definition) is 2. The minimum atomic E-state index is -3.19. The van der Waals surface area contributed by atoms with Crippen molar-refractivity contribution in [2.45, 2.75) is 44.4 Å². The summed E-state index contributed by atoms with van der Waals surface area (Å²) >= 11 is 0. The molecule has 0 aliphatic carbocycles. The fourth-order valence-corrected chi connectivity index (χ4v) is 1.45. The zero-order valence-electron chi connectivity index (χ0n) is 10.3. The molecule has 1 atom stereocenters. The van der Waals surface area contributed by atoms with E-state index in [1.54, 1.807) is 13.8 Å². The van der Waals surface area contributed by atoms with Crippen molar-refractivity contribution < 1.29 is 18.3 Å². The zero-order valence-corrected chi connectivity index (χ0v) is 11.1. The number of nitrogens with one attached hydrogen (secondary N) is 1. The maximum Gasteiger partial charge on any atom is 0.320 e. The maximum atomic E-state index is 11.4. The maximum absolute atomic E-state index is 11.4. The molecule has 0 aliphatic heterocycles. The number of carboxylic acids is 1. The van der Waals surface area contributed by atoms with Crippen LogP contribution in [0.25, 0.3) is 0 Å². The van der Waals surface area contributed by atoms with Crippen LogP contribution in [0.5, 0.6) is 0 Å². The number of sulfone groups is 1. The number of hydrogen-bond acceptors (Lipinski definition) is 4. The Morgan fingerprint density at radius 1 is 1.44 bits per heavy atom. The van der Waals surface area contributed by atoms with Gasteiger partial charge in [0.05, 0.1) is 4.75 Å². The van der Waals surface area contributed by atoms with Crippen LogP contribution < -0.4 is 5.32 Å². The van der Waals surface area contributed by atoms with Gasteiger partial charge in [0, 0.05) is 12.8 Å². The SMILES string of the molecule is CCCC(NCC(C)(C)S(C)(=O)=O)C(=O)O. The number of aliphatic carboxylic acids is 1. The molecule has 0 rings (SSSR count). The average molecular weight is 251 g/mol. The summed E-state index contributed by atoms with van der Waals surface area (Å²) < 4.78 is 21.9. The van der Waals surface area contributed by atoms with Crippen molar-refractivity contribution in [3.05, 3.63) is 0 Å². The Kier molecular flexibility index (Phi) is 5.41. The molecule has 6 heteroatoms. The lowest BCUT2D eigenvalue weighted by atomic mass is 10.1. The molecule has 96 valence electrons. The fourth-order valence-electron chi connectivity index (χ4n) is 1.10. The van der Waals surface area contributed by atoms with Crippen molar-refractivity contribution in [2.24, 2.45) is 0 Å². The highest BCUT2D eigenvalue weighted by Crippen LogP contribution is 2.14. The second-order valence-corrected chi connectivity index (χ2v) is 7.24. The number of rotatable bonds is 7. The fraction of sp³-hybridized carbons (Fsp3) is 0.900. The van der Waals surface area contributed by atoms with Gasteiger partial charge in [-0.25, -0.2) is 8.42 Å². The van der Waals surface area contributed by atoms with Crippen molar-refractivity contribution >= 4 is 15.8 Å². The van der Waals surface area contributed by atoms with Crippen molar-refractivity contribution in [1.29, 1.82) is 0 Å². The molecule has 5 nitrogen and oxygen atoms in total. The standard InChI is InChI=1S/C10H21NO4S/c1-5-6-8(9(12)13)11-7-10(2,3)16(4,14)15/h8,11H,5-7H2,1-4H3,(H,12,13). The van der Waals surface area contributed by atoms with Gasteiger partial charge in [0.15, 0.2) is 9.84 Å². The first-order valence-corrected chi connectivity index (χ1v) is 7.16. The number of carbonyl (C=O) groups is 1. The molecule has 0 saturated heterocycles. The molecule has 2 N–H and O–H groups in total. The molecule has 0 aromatic carbocycles. The summed E-state index contributed by atoms with van der Waals surface area (Å²) in [7, 11) is -3.19. The third-order valence-corrected chi connectivity index (χ3v) is 4.81. The van der Waals surface area contributed by atoms with Crippen LogP contribution in [0.15, 0.2) is 0 Å². The van der Waals surface area contributed by atoms with E-state index in [1.165, 1.54) is 0 Å². The molecule has 0 amide bonds. The molecule has 0 spiro atoms. The van der Waals surface area contributed by atoms with Gasteiger partial charge in [-0.05, 0) is 20.3 Å². The second kappa shape index (κ2) is 5.63. The third kappa shape index (κ3) is 4.49. The van der Waals surface area contributed by atoms with Crippen LogP contribution in [0.1, 0.15) is 33.6 Å². The van der Waals surface area contributed by atoms with Crippen molar-refractivity contribution in [2.75, 3.05) is 12.8 Å². The lowest BCUT2D eigenvalue weighted by molar-refractivity contribution is -0.139. The van der Waals surface area contributed by atoms with Crippen molar-refractivity contribution in [3.8, 4) is 0 Å². The Morgan fingerprint density at radius 3 is 2.25 bits per heavy atom. The van der Waals surface area contributed by atoms with E-state index in [0.29, 0.717) is 6.42 Å². The van der Waals surface area contributed by atoms with E-state index in [4.69, 9.17) is 5.11 Å². The molecular formula is C10H21NO4S. The van der Waals surface area contributed by atoms with E-state index >= 15 is 0 Å². The first kappa shape index (κ1) is 15.4. The summed E-state index contributed by atoms with van der Waals surface area (Å²) in [6.07, 6.45) is 2.39. The summed E-state index contributed by atoms with van der Waals surface area (Å²) in [5.74, 6) is -0.939. The Labute approximate surface area is 97.2 Å². The van der Waals surface area contributed by atoms with Gasteiger partial charge in [-0.3, -0.25) is 4.79 Å². The summed E-state index contributed by atoms with van der Waals surface area (Å²) in [5.41, 5.74) is 0. The van der Waals surface area contributed by atoms with Crippen LogP contribution in [-0.4, -0.2) is 43.1 Å². The molecule has 0 aromatic heterocycles. The highest BCUT2D eigenvalue weighted by Gasteiger charge is 2.31. The molecule has 0 heterocycles. The lowest BCUT2D eigenvalue weighted by Crippen LogP contribution is -2.47. The van der Waals surface area contributed by atoms with Crippen LogP contribution in [-0.2, 0) is 14.6 Å². The van der Waals surface area contributed by atoms with Crippen LogP contribution in [0.2, 0.25) is 0 Å². The van der Waals surface area contributed by atoms with Gasteiger partial charge in [-0.1, -0.05) is 13.3 Å². The van der Waals surface area contributed by atoms with Gasteiger partial charge >= 0.3 is 5.97 Å². The van der Waals surface area contributed by atoms with E-state index in [2.05, 4.69) is 5.32 Å². The largest absolute Gasteiger partial charge is 0.480 e. The molecule has 1 unspecified atom stereocenters. The molecule has 0 radical (unpaired) electrons. The first-order valence-electron chi connectivity index (χ1n) is 5.27. The van der Waals surface area contributed by atoms with Gasteiger partial charge in [-0.15, -0.1) is 0 Å². The summed E-state index contributed by atoms with van der Waals surface area (Å²) in [6, 6.07) is -0.675. The molecule has 0 bridgehead atoms. The summed E-state index contributed by atoms with van der Waals surface area (Å²) in [5, 5.41) is 11.7. The van der Waals surface area contributed by atoms with Gasteiger partial charge in [0.2, 0.25) is 0 Å². The van der Waals surface area contributed by atoms with Gasteiger partial charge in [-0.2, -0.15) is 0 Å². The lowest BCUT2D eigenvalue weighted by Gasteiger charge is -2.25. The Hall–Kier alpha value is -0.620. The van der Waals surface area contributed by atoms with Crippen LogP contribution in [0.4, 0.5) is 0 Å². The smallest absolute Gasteiger partial charge is 0.320 e. The molecular weight excluding hydrogens is 230 g/mol. The molecule has 0 fully saturated rings. The first-order chi connectivity index (χ1) is 7.12. The van der Waals surface area contributed by atoms with E-state index < -0.39 is 26.6 Å². The van der Waals surface area contributed by atoms with E-state index in [1.807, 2.05) is 6.92 Å². The highest BCUT2D eigenvalue weighted by atomic mass is 32.2. The Bertz CT molecular complexity index is 335. The van der Waals surface area contributed by atoms with Crippen LogP contribution >= 0.6 is 0 Å². The van der Waals surface area contributed by atoms with Crippen molar-refractivity contribution in [1.82, 2.24) is 5.32 Å². The number of carboxylic acid groups (broad SMARTS) is 1. The predicted molar refractivity (Wildman–Crippen MR) is 63.3 cm³/mol. The molecule has 0 saturated carbocycles.